The molecule has 0 aromatic carbocycles. The molecule has 0 aliphatic carbocycles. The molecule has 0 aliphatic heterocycles. The highest BCUT2D eigenvalue weighted by Crippen LogP contribution is 2.08. The summed E-state index contributed by atoms with van der Waals surface area (Å²) in [6, 6.07) is 0. The molecule has 0 amide bonds. The molecule has 0 fully saturated rings. The lowest BCUT2D eigenvalue weighted by atomic mass is 9.99. The van der Waals surface area contributed by atoms with Crippen LogP contribution in [0.1, 0.15) is 20.8 Å². The van der Waals surface area contributed by atoms with Crippen molar-refractivity contribution in [3.8, 4) is 12.3 Å². The van der Waals surface area contributed by atoms with Gasteiger partial charge in [-0.15, -0.1) is 12.3 Å². The summed E-state index contributed by atoms with van der Waals surface area (Å²) in [5.41, 5.74) is 0.0694. The van der Waals surface area contributed by atoms with Gasteiger partial charge in [-0.2, -0.15) is 0 Å². The summed E-state index contributed by atoms with van der Waals surface area (Å²) in [5, 5.41) is 0. The van der Waals surface area contributed by atoms with Crippen LogP contribution in [0.5, 0.6) is 0 Å². The first-order valence-corrected chi connectivity index (χ1v) is 2.04. The third kappa shape index (κ3) is 10.7. The lowest BCUT2D eigenvalue weighted by Crippen LogP contribution is -1.97. The molecule has 39 valence electrons. The van der Waals surface area contributed by atoms with Gasteiger partial charge in [-0.1, -0.05) is 0 Å². The van der Waals surface area contributed by atoms with Gasteiger partial charge in [0.2, 0.25) is 0 Å². The summed E-state index contributed by atoms with van der Waals surface area (Å²) in [7, 11) is 0. The normalized spacial score (nSPS) is 8.86. The zero-order chi connectivity index (χ0) is 5.21. The van der Waals surface area contributed by atoms with E-state index in [0.29, 0.717) is 0 Å². The van der Waals surface area contributed by atoms with Gasteiger partial charge in [0.05, 0.1) is 0 Å². The van der Waals surface area contributed by atoms with Crippen molar-refractivity contribution in [2.75, 3.05) is 0 Å². The molecule has 0 aliphatic rings. The number of rotatable bonds is 0. The SMILES string of the molecule is C#CC(C)(C)C.[P]. The van der Waals surface area contributed by atoms with Crippen molar-refractivity contribution in [2.45, 2.75) is 20.8 Å². The molecule has 0 heterocycles. The summed E-state index contributed by atoms with van der Waals surface area (Å²) in [5.74, 6) is 2.60. The molecule has 7 heavy (non-hydrogen) atoms. The van der Waals surface area contributed by atoms with Crippen molar-refractivity contribution in [1.29, 1.82) is 0 Å². The quantitative estimate of drug-likeness (QED) is 0.334. The standard InChI is InChI=1S/C6H10.P/c1-5-6(2,3)4;/h1H,2-4H3;. The Kier molecular flexibility index (Phi) is 4.39. The number of hydrogen-bond donors (Lipinski definition) is 0. The average Bonchev–Trinajstić information content (AvgIpc) is 1.35. The number of hydrogen-bond acceptors (Lipinski definition) is 0. The fraction of sp³-hybridized carbons (Fsp3) is 0.667. The zero-order valence-electron chi connectivity index (χ0n) is 5.02. The van der Waals surface area contributed by atoms with Crippen LogP contribution in [0.4, 0.5) is 0 Å². The van der Waals surface area contributed by atoms with Crippen LogP contribution in [0.25, 0.3) is 0 Å². The van der Waals surface area contributed by atoms with Crippen LogP contribution in [0.15, 0.2) is 0 Å². The largest absolute Gasteiger partial charge is 0.120 e. The van der Waals surface area contributed by atoms with Gasteiger partial charge in [-0.25, -0.2) is 0 Å². The van der Waals surface area contributed by atoms with Crippen LogP contribution in [-0.2, 0) is 0 Å². The maximum absolute atomic E-state index is 5.06. The third-order valence-electron chi connectivity index (χ3n) is 0.433. The van der Waals surface area contributed by atoms with Crippen molar-refractivity contribution < 1.29 is 0 Å². The molecule has 0 saturated carbocycles. The minimum absolute atomic E-state index is 0. The van der Waals surface area contributed by atoms with Gasteiger partial charge in [-0.3, -0.25) is 0 Å². The third-order valence-corrected chi connectivity index (χ3v) is 0.433. The second kappa shape index (κ2) is 3.05. The Morgan fingerprint density at radius 3 is 1.43 bits per heavy atom. The summed E-state index contributed by atoms with van der Waals surface area (Å²) >= 11 is 0. The van der Waals surface area contributed by atoms with Crippen LogP contribution in [-0.4, -0.2) is 0 Å². The maximum atomic E-state index is 5.06. The molecular formula is C6H10P. The summed E-state index contributed by atoms with van der Waals surface area (Å²) in [6.45, 7) is 6.02. The van der Waals surface area contributed by atoms with Crippen molar-refractivity contribution in [3.63, 3.8) is 0 Å². The van der Waals surface area contributed by atoms with E-state index in [2.05, 4.69) is 5.92 Å². The van der Waals surface area contributed by atoms with Gasteiger partial charge in [0.15, 0.2) is 0 Å². The lowest BCUT2D eigenvalue weighted by Gasteiger charge is -2.04. The molecule has 0 aromatic heterocycles. The van der Waals surface area contributed by atoms with Gasteiger partial charge in [-0.05, 0) is 20.8 Å². The second-order valence-corrected chi connectivity index (χ2v) is 2.39. The van der Waals surface area contributed by atoms with Gasteiger partial charge in [0, 0.05) is 15.3 Å². The van der Waals surface area contributed by atoms with Crippen molar-refractivity contribution in [3.05, 3.63) is 0 Å². The average molecular weight is 113 g/mol. The summed E-state index contributed by atoms with van der Waals surface area (Å²) < 4.78 is 0. The van der Waals surface area contributed by atoms with Gasteiger partial charge in [0.25, 0.3) is 0 Å². The van der Waals surface area contributed by atoms with Crippen LogP contribution < -0.4 is 0 Å². The number of terminal acetylenes is 1. The van der Waals surface area contributed by atoms with E-state index in [4.69, 9.17) is 6.42 Å². The molecule has 0 aromatic rings. The Bertz CT molecular complexity index is 71.2. The first-order valence-electron chi connectivity index (χ1n) is 2.04. The maximum Gasteiger partial charge on any atom is 0.0227 e. The summed E-state index contributed by atoms with van der Waals surface area (Å²) in [4.78, 5) is 0. The van der Waals surface area contributed by atoms with E-state index in [1.165, 1.54) is 0 Å². The molecule has 0 rings (SSSR count). The molecule has 1 heteroatoms. The summed E-state index contributed by atoms with van der Waals surface area (Å²) in [6.07, 6.45) is 5.06. The molecule has 0 N–H and O–H groups in total. The molecule has 0 spiro atoms. The molecule has 0 saturated heterocycles. The van der Waals surface area contributed by atoms with E-state index in [0.717, 1.165) is 0 Å². The highest BCUT2D eigenvalue weighted by Gasteiger charge is 2.00. The van der Waals surface area contributed by atoms with E-state index in [-0.39, 0.29) is 15.3 Å². The Morgan fingerprint density at radius 2 is 1.43 bits per heavy atom. The van der Waals surface area contributed by atoms with E-state index in [1.54, 1.807) is 0 Å². The van der Waals surface area contributed by atoms with E-state index in [9.17, 15) is 0 Å². The minimum atomic E-state index is 0. The van der Waals surface area contributed by atoms with Crippen molar-refractivity contribution >= 4 is 9.90 Å². The second-order valence-electron chi connectivity index (χ2n) is 2.39. The predicted molar refractivity (Wildman–Crippen MR) is 35.2 cm³/mol. The van der Waals surface area contributed by atoms with E-state index >= 15 is 0 Å². The smallest absolute Gasteiger partial charge is 0.0227 e. The zero-order valence-corrected chi connectivity index (χ0v) is 5.92. The molecule has 3 radical (unpaired) electrons. The van der Waals surface area contributed by atoms with Gasteiger partial charge >= 0.3 is 0 Å². The van der Waals surface area contributed by atoms with Crippen molar-refractivity contribution in [1.82, 2.24) is 0 Å². The molecule has 0 unspecified atom stereocenters. The molecule has 0 bridgehead atoms. The minimum Gasteiger partial charge on any atom is -0.120 e. The molecular weight excluding hydrogens is 103 g/mol. The van der Waals surface area contributed by atoms with Crippen LogP contribution in [0, 0.1) is 17.8 Å². The Balaban J connectivity index is 0. The lowest BCUT2D eigenvalue weighted by molar-refractivity contribution is 0.571. The van der Waals surface area contributed by atoms with E-state index < -0.39 is 0 Å². The van der Waals surface area contributed by atoms with Crippen LogP contribution in [0.3, 0.4) is 0 Å². The van der Waals surface area contributed by atoms with Gasteiger partial charge < -0.3 is 0 Å². The van der Waals surface area contributed by atoms with E-state index in [1.807, 2.05) is 20.8 Å². The van der Waals surface area contributed by atoms with Gasteiger partial charge in [0.1, 0.15) is 0 Å². The first-order chi connectivity index (χ1) is 2.56. The Morgan fingerprint density at radius 1 is 1.29 bits per heavy atom. The topological polar surface area (TPSA) is 0 Å². The fourth-order valence-electron chi connectivity index (χ4n) is 0. The molecule has 0 atom stereocenters. The van der Waals surface area contributed by atoms with Crippen LogP contribution >= 0.6 is 9.90 Å². The fourth-order valence-corrected chi connectivity index (χ4v) is 0. The highest BCUT2D eigenvalue weighted by atomic mass is 31.0. The monoisotopic (exact) mass is 113 g/mol. The van der Waals surface area contributed by atoms with Crippen LogP contribution in [0.2, 0.25) is 0 Å². The highest BCUT2D eigenvalue weighted by molar-refractivity contribution is 6.92. The molecule has 0 nitrogen and oxygen atoms in total. The van der Waals surface area contributed by atoms with Crippen molar-refractivity contribution in [2.24, 2.45) is 5.41 Å². The predicted octanol–water partition coefficient (Wildman–Crippen LogP) is 2.53. The Hall–Kier alpha value is -0.0100. The first kappa shape index (κ1) is 10.1. The Labute approximate surface area is 49.3 Å².